The molecule has 1 N–H and O–H groups in total. The first-order valence-electron chi connectivity index (χ1n) is 11.9. The monoisotopic (exact) mass is 468 g/mol. The lowest BCUT2D eigenvalue weighted by molar-refractivity contribution is -0.127. The predicted molar refractivity (Wildman–Crippen MR) is 136 cm³/mol. The smallest absolute Gasteiger partial charge is 0.253 e. The summed E-state index contributed by atoms with van der Waals surface area (Å²) in [5.74, 6) is 1.17. The summed E-state index contributed by atoms with van der Waals surface area (Å²) in [6, 6.07) is 25.0. The van der Waals surface area contributed by atoms with Gasteiger partial charge in [0.05, 0.1) is 24.6 Å². The molecule has 0 fully saturated rings. The number of hydrogen-bond donors (Lipinski definition) is 1. The summed E-state index contributed by atoms with van der Waals surface area (Å²) in [5, 5.41) is 2.98. The van der Waals surface area contributed by atoms with Crippen LogP contribution >= 0.6 is 0 Å². The van der Waals surface area contributed by atoms with Crippen LogP contribution in [-0.2, 0) is 22.4 Å². The lowest BCUT2D eigenvalue weighted by Gasteiger charge is -2.16. The first-order valence-corrected chi connectivity index (χ1v) is 11.9. The van der Waals surface area contributed by atoms with Gasteiger partial charge in [0.25, 0.3) is 5.91 Å². The van der Waals surface area contributed by atoms with Crippen molar-refractivity contribution in [1.82, 2.24) is 14.9 Å². The molecule has 1 atom stereocenters. The second kappa shape index (κ2) is 10.0. The zero-order valence-electron chi connectivity index (χ0n) is 19.7. The third kappa shape index (κ3) is 4.75. The largest absolute Gasteiger partial charge is 0.497 e. The van der Waals surface area contributed by atoms with Crippen LogP contribution in [-0.4, -0.2) is 41.6 Å². The fraction of sp³-hybridized carbons (Fsp3) is 0.250. The molecule has 7 heteroatoms. The van der Waals surface area contributed by atoms with Crippen LogP contribution in [0.4, 0.5) is 5.95 Å². The van der Waals surface area contributed by atoms with E-state index in [0.717, 1.165) is 34.3 Å². The zero-order valence-corrected chi connectivity index (χ0v) is 19.7. The van der Waals surface area contributed by atoms with E-state index < -0.39 is 6.04 Å². The van der Waals surface area contributed by atoms with Crippen molar-refractivity contribution < 1.29 is 14.3 Å². The number of ether oxygens (including phenoxy) is 1. The summed E-state index contributed by atoms with van der Waals surface area (Å²) in [6.07, 6.45) is 1.51. The van der Waals surface area contributed by atoms with Crippen LogP contribution in [0.3, 0.4) is 0 Å². The van der Waals surface area contributed by atoms with Crippen LogP contribution in [0, 0.1) is 0 Å². The fourth-order valence-electron chi connectivity index (χ4n) is 4.58. The van der Waals surface area contributed by atoms with Gasteiger partial charge in [0, 0.05) is 13.1 Å². The van der Waals surface area contributed by atoms with Gasteiger partial charge in [-0.25, -0.2) is 4.98 Å². The van der Waals surface area contributed by atoms with Crippen LogP contribution in [0.25, 0.3) is 11.0 Å². The molecule has 0 saturated heterocycles. The Morgan fingerprint density at radius 2 is 1.66 bits per heavy atom. The van der Waals surface area contributed by atoms with Crippen LogP contribution < -0.4 is 15.0 Å². The highest BCUT2D eigenvalue weighted by Crippen LogP contribution is 2.36. The summed E-state index contributed by atoms with van der Waals surface area (Å²) in [4.78, 5) is 32.8. The van der Waals surface area contributed by atoms with E-state index in [1.165, 1.54) is 0 Å². The van der Waals surface area contributed by atoms with Crippen molar-refractivity contribution in [2.24, 2.45) is 0 Å². The van der Waals surface area contributed by atoms with Crippen LogP contribution in [0.5, 0.6) is 5.75 Å². The van der Waals surface area contributed by atoms with Crippen LogP contribution in [0.2, 0.25) is 0 Å². The molecule has 178 valence electrons. The van der Waals surface area contributed by atoms with Gasteiger partial charge in [-0.1, -0.05) is 54.6 Å². The Kier molecular flexibility index (Phi) is 6.48. The Balaban J connectivity index is 1.31. The van der Waals surface area contributed by atoms with Gasteiger partial charge >= 0.3 is 0 Å². The van der Waals surface area contributed by atoms with Gasteiger partial charge in [0.15, 0.2) is 0 Å². The van der Waals surface area contributed by atoms with Crippen molar-refractivity contribution in [3.63, 3.8) is 0 Å². The average molecular weight is 469 g/mol. The molecule has 1 aliphatic heterocycles. The summed E-state index contributed by atoms with van der Waals surface area (Å²) in [6.45, 7) is 1.02. The van der Waals surface area contributed by atoms with Crippen molar-refractivity contribution in [3.05, 3.63) is 90.0 Å². The van der Waals surface area contributed by atoms with E-state index in [9.17, 15) is 9.59 Å². The second-order valence-corrected chi connectivity index (χ2v) is 8.66. The number of fused-ring (bicyclic) bond motifs is 3. The van der Waals surface area contributed by atoms with Crippen molar-refractivity contribution in [3.8, 4) is 5.75 Å². The summed E-state index contributed by atoms with van der Waals surface area (Å²) >= 11 is 0. The van der Waals surface area contributed by atoms with Gasteiger partial charge in [0.2, 0.25) is 11.9 Å². The minimum atomic E-state index is -0.606. The molecule has 1 aromatic heterocycles. The van der Waals surface area contributed by atoms with E-state index >= 15 is 0 Å². The molecular weight excluding hydrogens is 440 g/mol. The lowest BCUT2D eigenvalue weighted by atomic mass is 10.1. The highest BCUT2D eigenvalue weighted by molar-refractivity contribution is 6.03. The Morgan fingerprint density at radius 3 is 2.43 bits per heavy atom. The van der Waals surface area contributed by atoms with Crippen molar-refractivity contribution >= 4 is 28.8 Å². The lowest BCUT2D eigenvalue weighted by Crippen LogP contribution is -2.34. The fourth-order valence-corrected chi connectivity index (χ4v) is 4.58. The molecule has 35 heavy (non-hydrogen) atoms. The number of para-hydroxylation sites is 2. The summed E-state index contributed by atoms with van der Waals surface area (Å²) in [5.41, 5.74) is 3.95. The Labute approximate surface area is 204 Å². The van der Waals surface area contributed by atoms with Gasteiger partial charge in [-0.05, 0) is 48.2 Å². The third-order valence-electron chi connectivity index (χ3n) is 6.42. The minimum Gasteiger partial charge on any atom is -0.497 e. The quantitative estimate of drug-likeness (QED) is 0.404. The number of anilines is 1. The normalized spacial score (nSPS) is 14.8. The van der Waals surface area contributed by atoms with Gasteiger partial charge in [-0.15, -0.1) is 0 Å². The topological polar surface area (TPSA) is 76.5 Å². The summed E-state index contributed by atoms with van der Waals surface area (Å²) < 4.78 is 7.15. The SMILES string of the molecule is COc1ccc(CCN2C(=O)[C@H](CC(=O)NCCc3ccccc3)n3c2nc2ccccc23)cc1. The molecule has 3 aromatic carbocycles. The molecule has 0 aliphatic carbocycles. The van der Waals surface area contributed by atoms with Gasteiger partial charge < -0.3 is 10.1 Å². The van der Waals surface area contributed by atoms with E-state index in [1.807, 2.05) is 83.4 Å². The Bertz CT molecular complexity index is 1330. The molecule has 0 bridgehead atoms. The van der Waals surface area contributed by atoms with Gasteiger partial charge in [0.1, 0.15) is 11.8 Å². The number of imidazole rings is 1. The van der Waals surface area contributed by atoms with Crippen molar-refractivity contribution in [2.75, 3.05) is 25.1 Å². The molecule has 7 nitrogen and oxygen atoms in total. The van der Waals surface area contributed by atoms with E-state index in [0.29, 0.717) is 25.5 Å². The number of carbonyl (C=O) groups is 2. The molecular formula is C28H28N4O3. The Hall–Kier alpha value is -4.13. The maximum atomic E-state index is 13.5. The number of amides is 2. The number of carbonyl (C=O) groups excluding carboxylic acids is 2. The number of hydrogen-bond acceptors (Lipinski definition) is 4. The maximum absolute atomic E-state index is 13.5. The molecule has 2 amide bonds. The van der Waals surface area contributed by atoms with Gasteiger partial charge in [-0.3, -0.25) is 19.1 Å². The van der Waals surface area contributed by atoms with E-state index in [4.69, 9.17) is 9.72 Å². The predicted octanol–water partition coefficient (Wildman–Crippen LogP) is 3.92. The van der Waals surface area contributed by atoms with E-state index in [2.05, 4.69) is 5.32 Å². The second-order valence-electron chi connectivity index (χ2n) is 8.66. The summed E-state index contributed by atoms with van der Waals surface area (Å²) in [7, 11) is 1.64. The molecule has 0 spiro atoms. The first kappa shape index (κ1) is 22.7. The number of nitrogens with one attached hydrogen (secondary N) is 1. The standard InChI is InChI=1S/C28H28N4O3/c1-35-22-13-11-21(12-14-22)16-18-31-27(34)25(32-24-10-6-5-9-23(24)30-28(31)32)19-26(33)29-17-15-20-7-3-2-4-8-20/h2-14,25H,15-19H2,1H3,(H,29,33)/t25-/m0/s1. The highest BCUT2D eigenvalue weighted by atomic mass is 16.5. The third-order valence-corrected chi connectivity index (χ3v) is 6.42. The molecule has 5 rings (SSSR count). The van der Waals surface area contributed by atoms with Crippen molar-refractivity contribution in [1.29, 1.82) is 0 Å². The molecule has 0 saturated carbocycles. The highest BCUT2D eigenvalue weighted by Gasteiger charge is 2.40. The van der Waals surface area contributed by atoms with Crippen LogP contribution in [0.1, 0.15) is 23.6 Å². The van der Waals surface area contributed by atoms with Crippen molar-refractivity contribution in [2.45, 2.75) is 25.3 Å². The van der Waals surface area contributed by atoms with Gasteiger partial charge in [-0.2, -0.15) is 0 Å². The average Bonchev–Trinajstić information content (AvgIpc) is 3.38. The zero-order chi connectivity index (χ0) is 24.2. The number of benzene rings is 3. The molecule has 1 aliphatic rings. The number of nitrogens with zero attached hydrogens (tertiary/aromatic N) is 3. The number of methoxy groups -OCH3 is 1. The Morgan fingerprint density at radius 1 is 0.943 bits per heavy atom. The number of aromatic nitrogens is 2. The van der Waals surface area contributed by atoms with E-state index in [1.54, 1.807) is 12.0 Å². The maximum Gasteiger partial charge on any atom is 0.253 e. The first-order chi connectivity index (χ1) is 17.1. The molecule has 0 radical (unpaired) electrons. The van der Waals surface area contributed by atoms with Crippen LogP contribution in [0.15, 0.2) is 78.9 Å². The molecule has 4 aromatic rings. The minimum absolute atomic E-state index is 0.0833. The van der Waals surface area contributed by atoms with E-state index in [-0.39, 0.29) is 18.2 Å². The molecule has 2 heterocycles. The molecule has 0 unspecified atom stereocenters. The number of rotatable bonds is 9.